The summed E-state index contributed by atoms with van der Waals surface area (Å²) < 4.78 is 5.68. The minimum Gasteiger partial charge on any atom is -0.494 e. The van der Waals surface area contributed by atoms with Crippen LogP contribution in [-0.2, 0) is 0 Å². The number of ether oxygens (including phenoxy) is 1. The van der Waals surface area contributed by atoms with E-state index in [4.69, 9.17) is 16.3 Å². The lowest BCUT2D eigenvalue weighted by Gasteiger charge is -2.09. The molecule has 0 atom stereocenters. The van der Waals surface area contributed by atoms with Crippen LogP contribution in [-0.4, -0.2) is 12.5 Å². The Balaban J connectivity index is 2.62. The largest absolute Gasteiger partial charge is 0.494 e. The highest BCUT2D eigenvalue weighted by Gasteiger charge is 2.00. The Morgan fingerprint density at radius 3 is 2.71 bits per heavy atom. The topological polar surface area (TPSA) is 9.23 Å². The van der Waals surface area contributed by atoms with E-state index in [0.717, 1.165) is 29.9 Å². The fourth-order valence-corrected chi connectivity index (χ4v) is 1.47. The van der Waals surface area contributed by atoms with Gasteiger partial charge < -0.3 is 4.74 Å². The van der Waals surface area contributed by atoms with E-state index in [9.17, 15) is 0 Å². The molecule has 0 spiro atoms. The first-order valence-electron chi connectivity index (χ1n) is 5.91. The maximum atomic E-state index is 5.68. The van der Waals surface area contributed by atoms with Gasteiger partial charge in [0.05, 0.1) is 12.5 Å². The molecule has 0 bridgehead atoms. The van der Waals surface area contributed by atoms with E-state index in [0.29, 0.717) is 11.8 Å². The molecule has 1 aromatic carbocycles. The summed E-state index contributed by atoms with van der Waals surface area (Å²) in [5, 5.41) is 0. The standard InChI is InChI=1S/C15H19ClO/c1-12(2)8-10-17-15-7-6-14(5-4-9-16)13(3)11-15/h6-7,11-12H,8-10H2,1-3H3. The van der Waals surface area contributed by atoms with Crippen LogP contribution in [0.2, 0.25) is 0 Å². The van der Waals surface area contributed by atoms with Crippen molar-refractivity contribution in [3.8, 4) is 17.6 Å². The van der Waals surface area contributed by atoms with Gasteiger partial charge in [-0.2, -0.15) is 0 Å². The molecule has 2 heteroatoms. The van der Waals surface area contributed by atoms with Crippen LogP contribution >= 0.6 is 11.6 Å². The van der Waals surface area contributed by atoms with Crippen molar-refractivity contribution in [2.24, 2.45) is 5.92 Å². The molecule has 0 amide bonds. The Hall–Kier alpha value is -1.13. The average molecular weight is 251 g/mol. The molecular weight excluding hydrogens is 232 g/mol. The predicted molar refractivity (Wildman–Crippen MR) is 73.7 cm³/mol. The van der Waals surface area contributed by atoms with E-state index >= 15 is 0 Å². The van der Waals surface area contributed by atoms with Crippen LogP contribution in [0.1, 0.15) is 31.4 Å². The number of hydrogen-bond donors (Lipinski definition) is 0. The molecule has 0 aliphatic rings. The highest BCUT2D eigenvalue weighted by molar-refractivity contribution is 6.19. The molecule has 1 nitrogen and oxygen atoms in total. The summed E-state index contributed by atoms with van der Waals surface area (Å²) in [5.41, 5.74) is 2.14. The smallest absolute Gasteiger partial charge is 0.119 e. The average Bonchev–Trinajstić information content (AvgIpc) is 2.27. The van der Waals surface area contributed by atoms with Gasteiger partial charge >= 0.3 is 0 Å². The van der Waals surface area contributed by atoms with Gasteiger partial charge in [0.15, 0.2) is 0 Å². The molecule has 0 aliphatic carbocycles. The summed E-state index contributed by atoms with van der Waals surface area (Å²) in [6.45, 7) is 7.19. The Kier molecular flexibility index (Phi) is 5.94. The van der Waals surface area contributed by atoms with E-state index in [1.165, 1.54) is 0 Å². The molecule has 0 radical (unpaired) electrons. The Labute approximate surface area is 109 Å². The monoisotopic (exact) mass is 250 g/mol. The number of halogens is 1. The van der Waals surface area contributed by atoms with Crippen molar-refractivity contribution in [1.29, 1.82) is 0 Å². The van der Waals surface area contributed by atoms with Crippen molar-refractivity contribution >= 4 is 11.6 Å². The summed E-state index contributed by atoms with van der Waals surface area (Å²) in [4.78, 5) is 0. The van der Waals surface area contributed by atoms with E-state index in [2.05, 4.69) is 25.7 Å². The third kappa shape index (κ3) is 5.15. The molecule has 17 heavy (non-hydrogen) atoms. The highest BCUT2D eigenvalue weighted by atomic mass is 35.5. The van der Waals surface area contributed by atoms with Crippen LogP contribution in [0.25, 0.3) is 0 Å². The predicted octanol–water partition coefficient (Wildman–Crippen LogP) is 4.01. The molecule has 0 unspecified atom stereocenters. The number of aryl methyl sites for hydroxylation is 1. The van der Waals surface area contributed by atoms with Gasteiger partial charge in [0.1, 0.15) is 5.75 Å². The summed E-state index contributed by atoms with van der Waals surface area (Å²) in [5.74, 6) is 7.84. The minimum atomic E-state index is 0.367. The van der Waals surface area contributed by atoms with Gasteiger partial charge in [0.2, 0.25) is 0 Å². The van der Waals surface area contributed by atoms with E-state index in [1.54, 1.807) is 0 Å². The van der Waals surface area contributed by atoms with Crippen molar-refractivity contribution in [2.45, 2.75) is 27.2 Å². The zero-order valence-electron chi connectivity index (χ0n) is 10.7. The Morgan fingerprint density at radius 1 is 1.35 bits per heavy atom. The second-order valence-electron chi connectivity index (χ2n) is 4.44. The fraction of sp³-hybridized carbons (Fsp3) is 0.467. The van der Waals surface area contributed by atoms with Gasteiger partial charge in [-0.1, -0.05) is 25.7 Å². The van der Waals surface area contributed by atoms with Gasteiger partial charge in [-0.25, -0.2) is 0 Å². The normalized spacial score (nSPS) is 9.94. The maximum absolute atomic E-state index is 5.68. The van der Waals surface area contributed by atoms with Crippen LogP contribution in [0, 0.1) is 24.7 Å². The van der Waals surface area contributed by atoms with Crippen LogP contribution in [0.5, 0.6) is 5.75 Å². The van der Waals surface area contributed by atoms with E-state index < -0.39 is 0 Å². The first kappa shape index (κ1) is 13.9. The number of rotatable bonds is 4. The number of alkyl halides is 1. The fourth-order valence-electron chi connectivity index (χ4n) is 1.41. The summed E-state index contributed by atoms with van der Waals surface area (Å²) in [6.07, 6.45) is 1.08. The molecule has 0 N–H and O–H groups in total. The van der Waals surface area contributed by atoms with Gasteiger partial charge in [-0.15, -0.1) is 11.6 Å². The lowest BCUT2D eigenvalue weighted by Crippen LogP contribution is -2.01. The lowest BCUT2D eigenvalue weighted by atomic mass is 10.1. The Morgan fingerprint density at radius 2 is 2.12 bits per heavy atom. The van der Waals surface area contributed by atoms with Crippen LogP contribution in [0.4, 0.5) is 0 Å². The molecule has 0 saturated carbocycles. The molecular formula is C15H19ClO. The van der Waals surface area contributed by atoms with Gasteiger partial charge in [-0.05, 0) is 43.0 Å². The minimum absolute atomic E-state index is 0.367. The third-order valence-electron chi connectivity index (χ3n) is 2.45. The second kappa shape index (κ2) is 7.25. The zero-order valence-corrected chi connectivity index (χ0v) is 11.5. The van der Waals surface area contributed by atoms with E-state index in [1.807, 2.05) is 25.1 Å². The molecule has 0 heterocycles. The van der Waals surface area contributed by atoms with Gasteiger partial charge in [0, 0.05) is 5.56 Å². The molecule has 0 aromatic heterocycles. The maximum Gasteiger partial charge on any atom is 0.119 e. The zero-order chi connectivity index (χ0) is 12.7. The number of benzene rings is 1. The molecule has 1 aromatic rings. The van der Waals surface area contributed by atoms with Crippen molar-refractivity contribution in [2.75, 3.05) is 12.5 Å². The van der Waals surface area contributed by atoms with E-state index in [-0.39, 0.29) is 0 Å². The molecule has 92 valence electrons. The summed E-state index contributed by atoms with van der Waals surface area (Å²) in [6, 6.07) is 5.98. The van der Waals surface area contributed by atoms with Crippen molar-refractivity contribution in [1.82, 2.24) is 0 Å². The second-order valence-corrected chi connectivity index (χ2v) is 4.71. The quantitative estimate of drug-likeness (QED) is 0.580. The third-order valence-corrected chi connectivity index (χ3v) is 2.59. The van der Waals surface area contributed by atoms with Gasteiger partial charge in [0.25, 0.3) is 0 Å². The highest BCUT2D eigenvalue weighted by Crippen LogP contribution is 2.17. The molecule has 1 rings (SSSR count). The lowest BCUT2D eigenvalue weighted by molar-refractivity contribution is 0.289. The van der Waals surface area contributed by atoms with Crippen molar-refractivity contribution < 1.29 is 4.74 Å². The Bertz CT molecular complexity index is 413. The first-order chi connectivity index (χ1) is 8.13. The van der Waals surface area contributed by atoms with Crippen molar-refractivity contribution in [3.63, 3.8) is 0 Å². The van der Waals surface area contributed by atoms with Crippen LogP contribution in [0.3, 0.4) is 0 Å². The molecule has 0 aliphatic heterocycles. The van der Waals surface area contributed by atoms with Crippen molar-refractivity contribution in [3.05, 3.63) is 29.3 Å². The summed E-state index contributed by atoms with van der Waals surface area (Å²) in [7, 11) is 0. The van der Waals surface area contributed by atoms with Crippen LogP contribution in [0.15, 0.2) is 18.2 Å². The van der Waals surface area contributed by atoms with Crippen LogP contribution < -0.4 is 4.74 Å². The molecule has 0 fully saturated rings. The number of hydrogen-bond acceptors (Lipinski definition) is 1. The summed E-state index contributed by atoms with van der Waals surface area (Å²) >= 11 is 5.53. The SMILES string of the molecule is Cc1cc(OCCC(C)C)ccc1C#CCCl. The van der Waals surface area contributed by atoms with Gasteiger partial charge in [-0.3, -0.25) is 0 Å². The molecule has 0 saturated heterocycles. The first-order valence-corrected chi connectivity index (χ1v) is 6.45.